The predicted molar refractivity (Wildman–Crippen MR) is 69.4 cm³/mol. The first-order valence-corrected chi connectivity index (χ1v) is 6.67. The zero-order valence-electron chi connectivity index (χ0n) is 11.3. The minimum Gasteiger partial charge on any atom is -0.481 e. The van der Waals surface area contributed by atoms with Gasteiger partial charge < -0.3 is 15.7 Å². The van der Waals surface area contributed by atoms with Crippen LogP contribution in [0.2, 0.25) is 0 Å². The van der Waals surface area contributed by atoms with Gasteiger partial charge in [-0.3, -0.25) is 4.79 Å². The number of urea groups is 1. The van der Waals surface area contributed by atoms with Gasteiger partial charge in [0.25, 0.3) is 0 Å². The summed E-state index contributed by atoms with van der Waals surface area (Å²) in [4.78, 5) is 22.1. The Hall–Kier alpha value is -1.26. The smallest absolute Gasteiger partial charge is 0.314 e. The van der Waals surface area contributed by atoms with E-state index in [2.05, 4.69) is 17.6 Å². The van der Waals surface area contributed by atoms with Crippen molar-refractivity contribution in [2.45, 2.75) is 46.0 Å². The van der Waals surface area contributed by atoms with Crippen LogP contribution in [0.3, 0.4) is 0 Å². The van der Waals surface area contributed by atoms with Crippen LogP contribution in [-0.2, 0) is 4.79 Å². The lowest BCUT2D eigenvalue weighted by atomic mass is 9.89. The van der Waals surface area contributed by atoms with E-state index in [1.807, 2.05) is 0 Å². The molecule has 1 atom stereocenters. The number of rotatable bonds is 6. The van der Waals surface area contributed by atoms with Crippen LogP contribution in [0, 0.1) is 11.3 Å². The molecule has 2 amide bonds. The summed E-state index contributed by atoms with van der Waals surface area (Å²) in [7, 11) is 0. The Morgan fingerprint density at radius 3 is 2.44 bits per heavy atom. The van der Waals surface area contributed by atoms with E-state index in [1.165, 1.54) is 25.7 Å². The Kier molecular flexibility index (Phi) is 5.44. The number of amides is 2. The molecule has 0 heterocycles. The molecular formula is C13H24N2O3. The molecule has 0 spiro atoms. The Bertz CT molecular complexity index is 299. The molecule has 0 aromatic rings. The lowest BCUT2D eigenvalue weighted by Gasteiger charge is -2.23. The van der Waals surface area contributed by atoms with Gasteiger partial charge in [0.1, 0.15) is 0 Å². The van der Waals surface area contributed by atoms with Crippen molar-refractivity contribution >= 4 is 12.0 Å². The van der Waals surface area contributed by atoms with Crippen LogP contribution in [0.4, 0.5) is 4.79 Å². The number of carbonyl (C=O) groups excluding carboxylic acids is 1. The van der Waals surface area contributed by atoms with Gasteiger partial charge in [0.05, 0.1) is 5.92 Å². The van der Waals surface area contributed by atoms with Crippen LogP contribution >= 0.6 is 0 Å². The topological polar surface area (TPSA) is 78.4 Å². The van der Waals surface area contributed by atoms with Crippen LogP contribution in [0.15, 0.2) is 0 Å². The molecule has 104 valence electrons. The van der Waals surface area contributed by atoms with Crippen LogP contribution in [-0.4, -0.2) is 30.2 Å². The number of nitrogens with one attached hydrogen (secondary N) is 2. The first kappa shape index (κ1) is 14.8. The van der Waals surface area contributed by atoms with E-state index in [9.17, 15) is 9.59 Å². The highest BCUT2D eigenvalue weighted by Crippen LogP contribution is 2.36. The van der Waals surface area contributed by atoms with E-state index in [0.29, 0.717) is 19.5 Å². The van der Waals surface area contributed by atoms with Gasteiger partial charge >= 0.3 is 12.0 Å². The summed E-state index contributed by atoms with van der Waals surface area (Å²) in [5.41, 5.74) is 0.242. The van der Waals surface area contributed by atoms with Gasteiger partial charge in [-0.1, -0.05) is 26.7 Å². The lowest BCUT2D eigenvalue weighted by Crippen LogP contribution is -2.41. The third-order valence-corrected chi connectivity index (χ3v) is 3.77. The molecule has 1 rings (SSSR count). The third kappa shape index (κ3) is 4.94. The van der Waals surface area contributed by atoms with Crippen LogP contribution in [0.1, 0.15) is 46.0 Å². The Labute approximate surface area is 108 Å². The molecule has 0 aromatic carbocycles. The molecule has 0 radical (unpaired) electrons. The molecule has 0 bridgehead atoms. The van der Waals surface area contributed by atoms with Gasteiger partial charge in [0.15, 0.2) is 0 Å². The Morgan fingerprint density at radius 1 is 1.28 bits per heavy atom. The summed E-state index contributed by atoms with van der Waals surface area (Å²) in [5, 5.41) is 14.3. The van der Waals surface area contributed by atoms with Crippen LogP contribution < -0.4 is 10.6 Å². The number of aliphatic carboxylic acids is 1. The van der Waals surface area contributed by atoms with Gasteiger partial charge in [-0.25, -0.2) is 4.79 Å². The maximum Gasteiger partial charge on any atom is 0.314 e. The zero-order chi connectivity index (χ0) is 13.6. The number of carboxylic acid groups (broad SMARTS) is 1. The van der Waals surface area contributed by atoms with Crippen LogP contribution in [0.25, 0.3) is 0 Å². The van der Waals surface area contributed by atoms with Gasteiger partial charge in [0, 0.05) is 13.1 Å². The molecule has 18 heavy (non-hydrogen) atoms. The second-order valence-corrected chi connectivity index (χ2v) is 5.66. The molecule has 0 saturated heterocycles. The molecule has 5 heteroatoms. The van der Waals surface area contributed by atoms with Gasteiger partial charge in [-0.15, -0.1) is 0 Å². The zero-order valence-corrected chi connectivity index (χ0v) is 11.3. The van der Waals surface area contributed by atoms with E-state index >= 15 is 0 Å². The van der Waals surface area contributed by atoms with Gasteiger partial charge in [0.2, 0.25) is 0 Å². The fourth-order valence-corrected chi connectivity index (χ4v) is 2.29. The maximum absolute atomic E-state index is 11.5. The van der Waals surface area contributed by atoms with Crippen molar-refractivity contribution in [1.82, 2.24) is 10.6 Å². The molecular weight excluding hydrogens is 232 g/mol. The molecule has 0 aromatic heterocycles. The average Bonchev–Trinajstić information content (AvgIpc) is 2.74. The molecule has 1 saturated carbocycles. The van der Waals surface area contributed by atoms with Crippen molar-refractivity contribution in [1.29, 1.82) is 0 Å². The fraction of sp³-hybridized carbons (Fsp3) is 0.846. The first-order valence-electron chi connectivity index (χ1n) is 6.67. The Balaban J connectivity index is 2.12. The van der Waals surface area contributed by atoms with E-state index < -0.39 is 11.9 Å². The number of hydrogen-bond acceptors (Lipinski definition) is 2. The van der Waals surface area contributed by atoms with Gasteiger partial charge in [-0.2, -0.15) is 0 Å². The highest BCUT2D eigenvalue weighted by molar-refractivity contribution is 5.74. The normalized spacial score (nSPS) is 19.2. The summed E-state index contributed by atoms with van der Waals surface area (Å²) >= 11 is 0. The first-order chi connectivity index (χ1) is 8.43. The van der Waals surface area contributed by atoms with E-state index in [-0.39, 0.29) is 11.4 Å². The Morgan fingerprint density at radius 2 is 1.89 bits per heavy atom. The molecule has 3 N–H and O–H groups in total. The van der Waals surface area contributed by atoms with Crippen molar-refractivity contribution < 1.29 is 14.7 Å². The van der Waals surface area contributed by atoms with Crippen molar-refractivity contribution in [2.75, 3.05) is 13.1 Å². The predicted octanol–water partition coefficient (Wildman–Crippen LogP) is 1.98. The molecule has 1 unspecified atom stereocenters. The van der Waals surface area contributed by atoms with E-state index in [0.717, 1.165) is 0 Å². The molecule has 1 aliphatic rings. The molecule has 0 aliphatic heterocycles. The van der Waals surface area contributed by atoms with Crippen molar-refractivity contribution in [3.05, 3.63) is 0 Å². The fourth-order valence-electron chi connectivity index (χ4n) is 2.29. The van der Waals surface area contributed by atoms with Crippen molar-refractivity contribution in [3.63, 3.8) is 0 Å². The quantitative estimate of drug-likeness (QED) is 0.680. The van der Waals surface area contributed by atoms with E-state index in [1.54, 1.807) is 6.92 Å². The average molecular weight is 256 g/mol. The van der Waals surface area contributed by atoms with E-state index in [4.69, 9.17) is 5.11 Å². The SMILES string of the molecule is CC(CCNC(=O)NCC1(C)CCCC1)C(=O)O. The summed E-state index contributed by atoms with van der Waals surface area (Å²) < 4.78 is 0. The molecule has 5 nitrogen and oxygen atoms in total. The summed E-state index contributed by atoms with van der Waals surface area (Å²) in [5.74, 6) is -1.24. The minimum absolute atomic E-state index is 0.194. The summed E-state index contributed by atoms with van der Waals surface area (Å²) in [6.45, 7) is 4.94. The second kappa shape index (κ2) is 6.61. The minimum atomic E-state index is -0.823. The maximum atomic E-state index is 11.5. The number of hydrogen-bond donors (Lipinski definition) is 3. The van der Waals surface area contributed by atoms with Gasteiger partial charge in [-0.05, 0) is 24.7 Å². The highest BCUT2D eigenvalue weighted by atomic mass is 16.4. The highest BCUT2D eigenvalue weighted by Gasteiger charge is 2.28. The molecule has 1 fully saturated rings. The summed E-state index contributed by atoms with van der Waals surface area (Å²) in [6.07, 6.45) is 5.29. The number of carbonyl (C=O) groups is 2. The summed E-state index contributed by atoms with van der Waals surface area (Å²) in [6, 6.07) is -0.194. The van der Waals surface area contributed by atoms with Crippen molar-refractivity contribution in [2.24, 2.45) is 11.3 Å². The largest absolute Gasteiger partial charge is 0.481 e. The molecule has 1 aliphatic carbocycles. The monoisotopic (exact) mass is 256 g/mol. The second-order valence-electron chi connectivity index (χ2n) is 5.66. The van der Waals surface area contributed by atoms with Crippen molar-refractivity contribution in [3.8, 4) is 0 Å². The lowest BCUT2D eigenvalue weighted by molar-refractivity contribution is -0.141. The standard InChI is InChI=1S/C13H24N2O3/c1-10(11(16)17)5-8-14-12(18)15-9-13(2)6-3-4-7-13/h10H,3-9H2,1-2H3,(H,16,17)(H2,14,15,18). The third-order valence-electron chi connectivity index (χ3n) is 3.77. The number of carboxylic acids is 1. The van der Waals surface area contributed by atoms with Crippen LogP contribution in [0.5, 0.6) is 0 Å².